The topological polar surface area (TPSA) is 111 Å². The summed E-state index contributed by atoms with van der Waals surface area (Å²) in [6, 6.07) is -0.867. The molecule has 0 saturated carbocycles. The number of rotatable bonds is 51. The lowest BCUT2D eigenvalue weighted by atomic mass is 10.1. The molecule has 0 aromatic rings. The number of carbonyl (C=O) groups excluding carboxylic acids is 2. The SMILES string of the molecule is CC/C=C\C/C=C\C/C=C\C/C=C\C/C=C\CCCCCCCC(=O)OC(/C=C\CCCCCCCCCCC)C(COP(=O)(O)OCC[N+](C)(C)C)NC(=O)CCCCC/C=C\CCCCCCCC. The second kappa shape index (κ2) is 50.7. The Kier molecular flexibility index (Phi) is 48.7. The largest absolute Gasteiger partial charge is 0.472 e. The van der Waals surface area contributed by atoms with Crippen molar-refractivity contribution in [3.05, 3.63) is 85.1 Å². The number of allylic oxidation sites excluding steroid dienone is 13. The minimum absolute atomic E-state index is 0.0307. The molecule has 0 radical (unpaired) electrons. The van der Waals surface area contributed by atoms with Crippen molar-refractivity contribution in [1.29, 1.82) is 0 Å². The summed E-state index contributed by atoms with van der Waals surface area (Å²) in [6.45, 7) is 6.84. The summed E-state index contributed by atoms with van der Waals surface area (Å²) in [5, 5.41) is 3.03. The molecule has 0 rings (SSSR count). The molecule has 0 aromatic carbocycles. The minimum atomic E-state index is -4.45. The first-order valence-electron chi connectivity index (χ1n) is 28.9. The van der Waals surface area contributed by atoms with Gasteiger partial charge in [0.05, 0.1) is 33.8 Å². The van der Waals surface area contributed by atoms with Crippen molar-refractivity contribution in [2.45, 2.75) is 251 Å². The third-order valence-electron chi connectivity index (χ3n) is 12.3. The van der Waals surface area contributed by atoms with Crippen LogP contribution in [0.5, 0.6) is 0 Å². The van der Waals surface area contributed by atoms with Gasteiger partial charge in [-0.1, -0.05) is 209 Å². The number of amides is 1. The van der Waals surface area contributed by atoms with Gasteiger partial charge in [0.2, 0.25) is 5.91 Å². The molecule has 1 amide bonds. The highest BCUT2D eigenvalue weighted by molar-refractivity contribution is 7.47. The number of quaternary nitrogens is 1. The van der Waals surface area contributed by atoms with Crippen LogP contribution in [0.1, 0.15) is 239 Å². The fraction of sp³-hybridized carbons (Fsp3) is 0.738. The number of phosphoric ester groups is 1. The van der Waals surface area contributed by atoms with Crippen LogP contribution in [-0.4, -0.2) is 74.3 Å². The highest BCUT2D eigenvalue weighted by Crippen LogP contribution is 2.43. The number of nitrogens with one attached hydrogen (secondary N) is 1. The van der Waals surface area contributed by atoms with E-state index in [2.05, 4.69) is 99.0 Å². The second-order valence-corrected chi connectivity index (χ2v) is 21.9. The van der Waals surface area contributed by atoms with E-state index < -0.39 is 20.0 Å². The summed E-state index contributed by atoms with van der Waals surface area (Å²) in [5.41, 5.74) is 0. The average Bonchev–Trinajstić information content (AvgIpc) is 3.33. The molecule has 0 fully saturated rings. The first-order valence-corrected chi connectivity index (χ1v) is 30.4. The molecule has 0 saturated heterocycles. The highest BCUT2D eigenvalue weighted by Gasteiger charge is 2.30. The fourth-order valence-electron chi connectivity index (χ4n) is 7.84. The first-order chi connectivity index (χ1) is 34.4. The van der Waals surface area contributed by atoms with Crippen LogP contribution in [0.3, 0.4) is 0 Å². The van der Waals surface area contributed by atoms with E-state index >= 15 is 0 Å². The van der Waals surface area contributed by atoms with E-state index in [1.165, 1.54) is 83.5 Å². The van der Waals surface area contributed by atoms with E-state index in [0.717, 1.165) is 116 Å². The normalized spacial score (nSPS) is 14.4. The van der Waals surface area contributed by atoms with Crippen molar-refractivity contribution in [2.75, 3.05) is 40.9 Å². The van der Waals surface area contributed by atoms with Gasteiger partial charge in [0, 0.05) is 12.8 Å². The number of ether oxygens (including phenoxy) is 1. The van der Waals surface area contributed by atoms with E-state index in [-0.39, 0.29) is 31.5 Å². The predicted octanol–water partition coefficient (Wildman–Crippen LogP) is 17.4. The Morgan fingerprint density at radius 2 is 0.901 bits per heavy atom. The summed E-state index contributed by atoms with van der Waals surface area (Å²) < 4.78 is 30.6. The Morgan fingerprint density at radius 3 is 1.38 bits per heavy atom. The third-order valence-corrected chi connectivity index (χ3v) is 13.3. The van der Waals surface area contributed by atoms with E-state index in [9.17, 15) is 19.0 Å². The molecule has 10 heteroatoms. The van der Waals surface area contributed by atoms with E-state index in [1.54, 1.807) is 0 Å². The average molecular weight is 1010 g/mol. The smallest absolute Gasteiger partial charge is 0.456 e. The van der Waals surface area contributed by atoms with E-state index in [0.29, 0.717) is 23.9 Å². The third kappa shape index (κ3) is 51.9. The van der Waals surface area contributed by atoms with Gasteiger partial charge in [0.25, 0.3) is 0 Å². The number of nitrogens with zero attached hydrogens (tertiary/aromatic N) is 1. The molecule has 0 bridgehead atoms. The zero-order valence-corrected chi connectivity index (χ0v) is 47.6. The van der Waals surface area contributed by atoms with Crippen LogP contribution in [0.4, 0.5) is 0 Å². The molecule has 3 unspecified atom stereocenters. The van der Waals surface area contributed by atoms with Crippen LogP contribution in [0.25, 0.3) is 0 Å². The van der Waals surface area contributed by atoms with Gasteiger partial charge < -0.3 is 19.4 Å². The Balaban J connectivity index is 5.33. The molecule has 9 nitrogen and oxygen atoms in total. The van der Waals surface area contributed by atoms with Crippen LogP contribution in [0, 0.1) is 0 Å². The minimum Gasteiger partial charge on any atom is -0.456 e. The van der Waals surface area contributed by atoms with Crippen LogP contribution in [0.15, 0.2) is 85.1 Å². The van der Waals surface area contributed by atoms with Gasteiger partial charge >= 0.3 is 13.8 Å². The number of phosphoric acid groups is 1. The van der Waals surface area contributed by atoms with Gasteiger partial charge in [-0.3, -0.25) is 18.6 Å². The summed E-state index contributed by atoms with van der Waals surface area (Å²) in [5.74, 6) is -0.550. The van der Waals surface area contributed by atoms with E-state index in [1.807, 2.05) is 33.3 Å². The number of hydrogen-bond acceptors (Lipinski definition) is 6. The first kappa shape index (κ1) is 68.2. The summed E-state index contributed by atoms with van der Waals surface area (Å²) in [4.78, 5) is 37.5. The highest BCUT2D eigenvalue weighted by atomic mass is 31.2. The number of hydrogen-bond donors (Lipinski definition) is 2. The second-order valence-electron chi connectivity index (χ2n) is 20.4. The van der Waals surface area contributed by atoms with Crippen molar-refractivity contribution in [2.24, 2.45) is 0 Å². The molecular weight excluding hydrogens is 904 g/mol. The lowest BCUT2D eigenvalue weighted by Gasteiger charge is -2.27. The fourth-order valence-corrected chi connectivity index (χ4v) is 8.58. The van der Waals surface area contributed by atoms with Gasteiger partial charge in [-0.25, -0.2) is 4.57 Å². The molecule has 0 aliphatic rings. The summed E-state index contributed by atoms with van der Waals surface area (Å²) in [6.07, 6.45) is 65.8. The van der Waals surface area contributed by atoms with Crippen molar-refractivity contribution >= 4 is 19.7 Å². The quantitative estimate of drug-likeness (QED) is 0.0205. The zero-order chi connectivity index (χ0) is 52.2. The maximum absolute atomic E-state index is 13.5. The Labute approximate surface area is 437 Å². The summed E-state index contributed by atoms with van der Waals surface area (Å²) in [7, 11) is 1.46. The number of likely N-dealkylation sites (N-methyl/N-ethyl adjacent to an activating group) is 1. The molecule has 0 aliphatic carbocycles. The Hall–Kier alpha value is -2.81. The van der Waals surface area contributed by atoms with Crippen LogP contribution in [-0.2, 0) is 27.9 Å². The van der Waals surface area contributed by atoms with Gasteiger partial charge in [-0.05, 0) is 102 Å². The Morgan fingerprint density at radius 1 is 0.507 bits per heavy atom. The molecule has 71 heavy (non-hydrogen) atoms. The molecular formula is C61H110N2O7P+. The molecule has 410 valence electrons. The molecule has 0 heterocycles. The maximum atomic E-state index is 13.5. The van der Waals surface area contributed by atoms with Crippen LogP contribution < -0.4 is 5.32 Å². The van der Waals surface area contributed by atoms with Crippen molar-refractivity contribution in [1.82, 2.24) is 5.32 Å². The van der Waals surface area contributed by atoms with Crippen LogP contribution >= 0.6 is 7.82 Å². The van der Waals surface area contributed by atoms with Crippen molar-refractivity contribution in [3.63, 3.8) is 0 Å². The van der Waals surface area contributed by atoms with Gasteiger partial charge in [0.15, 0.2) is 0 Å². The van der Waals surface area contributed by atoms with E-state index in [4.69, 9.17) is 13.8 Å². The number of unbranched alkanes of at least 4 members (excludes halogenated alkanes) is 23. The van der Waals surface area contributed by atoms with Gasteiger partial charge in [0.1, 0.15) is 19.3 Å². The maximum Gasteiger partial charge on any atom is 0.472 e. The van der Waals surface area contributed by atoms with Crippen molar-refractivity contribution in [3.8, 4) is 0 Å². The monoisotopic (exact) mass is 1010 g/mol. The Bertz CT molecular complexity index is 1490. The zero-order valence-electron chi connectivity index (χ0n) is 46.7. The van der Waals surface area contributed by atoms with Crippen LogP contribution in [0.2, 0.25) is 0 Å². The standard InChI is InChI=1S/C61H109N2O7P/c1-7-10-13-16-19-22-25-27-28-29-30-31-32-33-34-36-39-42-45-48-51-54-61(65)70-59(52-49-46-43-40-37-24-21-18-15-12-9-3)58(57-69-71(66,67)68-56-55-63(4,5)6)62-60(64)53-50-47-44-41-38-35-26-23-20-17-14-11-8-2/h10,13,19,22,27-28,30-31,33-35,38,49,52,58-59H,7-9,11-12,14-18,20-21,23-26,29,32,36-37,39-48,50-51,53-57H2,1-6H3,(H-,62,64,66,67)/p+1/b13-10-,22-19-,28-27-,31-30-,34-33-,38-35-,52-49-. The number of carbonyl (C=O) groups is 2. The molecule has 2 N–H and O–H groups in total. The molecule has 3 atom stereocenters. The molecule has 0 aromatic heterocycles. The summed E-state index contributed by atoms with van der Waals surface area (Å²) >= 11 is 0. The van der Waals surface area contributed by atoms with Gasteiger partial charge in [-0.15, -0.1) is 0 Å². The number of esters is 1. The lowest BCUT2D eigenvalue weighted by molar-refractivity contribution is -0.870. The van der Waals surface area contributed by atoms with Crippen molar-refractivity contribution < 1.29 is 37.3 Å². The molecule has 0 aliphatic heterocycles. The predicted molar refractivity (Wildman–Crippen MR) is 304 cm³/mol. The molecule has 0 spiro atoms. The van der Waals surface area contributed by atoms with Gasteiger partial charge in [-0.2, -0.15) is 0 Å². The lowest BCUT2D eigenvalue weighted by Crippen LogP contribution is -2.47.